The van der Waals surface area contributed by atoms with Crippen LogP contribution in [0, 0.1) is 10.1 Å². The van der Waals surface area contributed by atoms with Crippen LogP contribution in [0.5, 0.6) is 0 Å². The van der Waals surface area contributed by atoms with Gasteiger partial charge in [-0.05, 0) is 13.1 Å². The molecule has 0 aromatic heterocycles. The monoisotopic (exact) mass is 257 g/mol. The van der Waals surface area contributed by atoms with Crippen molar-refractivity contribution in [3.05, 3.63) is 33.9 Å². The average Bonchev–Trinajstić information content (AvgIpc) is 2.37. The maximum absolute atomic E-state index is 13.8. The van der Waals surface area contributed by atoms with Crippen molar-refractivity contribution < 1.29 is 14.1 Å². The van der Waals surface area contributed by atoms with Crippen LogP contribution in [0.2, 0.25) is 0 Å². The fourth-order valence-corrected chi connectivity index (χ4v) is 1.56. The number of nitro groups is 1. The Bertz CT molecular complexity index is 415. The predicted octanol–water partition coefficient (Wildman–Crippen LogP) is 1.84. The Hall–Kier alpha value is -1.73. The topological polar surface area (TPSA) is 76.4 Å². The molecule has 0 bridgehead atoms. The first-order valence-electron chi connectivity index (χ1n) is 5.43. The van der Waals surface area contributed by atoms with Gasteiger partial charge in [-0.2, -0.15) is 0 Å². The van der Waals surface area contributed by atoms with E-state index in [0.29, 0.717) is 18.8 Å². The van der Waals surface area contributed by atoms with Crippen LogP contribution in [-0.4, -0.2) is 32.2 Å². The lowest BCUT2D eigenvalue weighted by molar-refractivity contribution is -0.386. The zero-order chi connectivity index (χ0) is 13.5. The summed E-state index contributed by atoms with van der Waals surface area (Å²) in [4.78, 5) is 10.3. The Morgan fingerprint density at radius 2 is 2.28 bits per heavy atom. The summed E-state index contributed by atoms with van der Waals surface area (Å²) in [6.07, 6.45) is -1.60. The molecular formula is C11H16FN3O3. The van der Waals surface area contributed by atoms with Gasteiger partial charge in [-0.1, -0.05) is 6.07 Å². The summed E-state index contributed by atoms with van der Waals surface area (Å²) < 4.78 is 18.6. The second-order valence-electron chi connectivity index (χ2n) is 3.57. The van der Waals surface area contributed by atoms with Gasteiger partial charge < -0.3 is 10.1 Å². The Kier molecular flexibility index (Phi) is 5.47. The third-order valence-corrected chi connectivity index (χ3v) is 2.41. The van der Waals surface area contributed by atoms with Crippen LogP contribution >= 0.6 is 0 Å². The number of rotatable bonds is 7. The number of methoxy groups -OCH3 is 1. The fraction of sp³-hybridized carbons (Fsp3) is 0.455. The van der Waals surface area contributed by atoms with Crippen molar-refractivity contribution in [3.63, 3.8) is 0 Å². The van der Waals surface area contributed by atoms with Crippen molar-refractivity contribution in [1.82, 2.24) is 5.32 Å². The molecule has 0 saturated carbocycles. The molecule has 18 heavy (non-hydrogen) atoms. The van der Waals surface area contributed by atoms with Gasteiger partial charge in [0.1, 0.15) is 5.56 Å². The highest BCUT2D eigenvalue weighted by atomic mass is 19.1. The Morgan fingerprint density at radius 1 is 1.56 bits per heavy atom. The molecule has 1 aromatic rings. The minimum Gasteiger partial charge on any atom is -0.383 e. The third kappa shape index (κ3) is 3.38. The van der Waals surface area contributed by atoms with Gasteiger partial charge in [0.05, 0.1) is 11.5 Å². The first kappa shape index (κ1) is 14.3. The van der Waals surface area contributed by atoms with E-state index in [-0.39, 0.29) is 11.3 Å². The van der Waals surface area contributed by atoms with E-state index in [0.717, 1.165) is 0 Å². The summed E-state index contributed by atoms with van der Waals surface area (Å²) in [6.45, 7) is 0.875. The summed E-state index contributed by atoms with van der Waals surface area (Å²) in [5, 5.41) is 16.2. The van der Waals surface area contributed by atoms with Crippen LogP contribution in [-0.2, 0) is 4.74 Å². The van der Waals surface area contributed by atoms with E-state index in [9.17, 15) is 14.5 Å². The molecule has 1 aromatic carbocycles. The standard InChI is InChI=1S/C11H16FN3O3/c1-13-11(12)10-8(14-6-7-18-2)4-3-5-9(10)15(16)17/h3-5,11,13-14H,6-7H2,1-2H3. The molecule has 0 aliphatic heterocycles. The van der Waals surface area contributed by atoms with Gasteiger partial charge in [0.2, 0.25) is 0 Å². The zero-order valence-electron chi connectivity index (χ0n) is 10.3. The Balaban J connectivity index is 3.07. The summed E-state index contributed by atoms with van der Waals surface area (Å²) in [7, 11) is 2.95. The summed E-state index contributed by atoms with van der Waals surface area (Å²) >= 11 is 0. The Labute approximate surface area is 104 Å². The molecule has 2 N–H and O–H groups in total. The van der Waals surface area contributed by atoms with Gasteiger partial charge >= 0.3 is 0 Å². The van der Waals surface area contributed by atoms with Crippen molar-refractivity contribution in [2.24, 2.45) is 0 Å². The number of nitrogens with zero attached hydrogens (tertiary/aromatic N) is 1. The average molecular weight is 257 g/mol. The van der Waals surface area contributed by atoms with Gasteiger partial charge in [0.25, 0.3) is 5.69 Å². The number of nitro benzene ring substituents is 1. The Morgan fingerprint density at radius 3 is 2.83 bits per heavy atom. The molecule has 0 amide bonds. The van der Waals surface area contributed by atoms with Crippen molar-refractivity contribution in [3.8, 4) is 0 Å². The lowest BCUT2D eigenvalue weighted by Crippen LogP contribution is -2.17. The van der Waals surface area contributed by atoms with Crippen LogP contribution < -0.4 is 10.6 Å². The number of benzene rings is 1. The largest absolute Gasteiger partial charge is 0.383 e. The minimum atomic E-state index is -1.60. The molecule has 1 atom stereocenters. The highest BCUT2D eigenvalue weighted by molar-refractivity contribution is 5.61. The summed E-state index contributed by atoms with van der Waals surface area (Å²) in [6, 6.07) is 4.39. The van der Waals surface area contributed by atoms with Crippen LogP contribution in [0.1, 0.15) is 11.9 Å². The number of ether oxygens (including phenoxy) is 1. The highest BCUT2D eigenvalue weighted by Gasteiger charge is 2.24. The molecule has 0 saturated heterocycles. The van der Waals surface area contributed by atoms with Crippen molar-refractivity contribution in [2.75, 3.05) is 32.6 Å². The number of hydrogen-bond acceptors (Lipinski definition) is 5. The van der Waals surface area contributed by atoms with Crippen LogP contribution in [0.4, 0.5) is 15.8 Å². The zero-order valence-corrected chi connectivity index (χ0v) is 10.3. The molecule has 1 unspecified atom stereocenters. The van der Waals surface area contributed by atoms with Gasteiger partial charge in [-0.15, -0.1) is 0 Å². The molecule has 100 valence electrons. The van der Waals surface area contributed by atoms with E-state index in [1.54, 1.807) is 13.2 Å². The number of hydrogen-bond donors (Lipinski definition) is 2. The smallest absolute Gasteiger partial charge is 0.279 e. The van der Waals surface area contributed by atoms with Gasteiger partial charge in [0, 0.05) is 25.4 Å². The molecular weight excluding hydrogens is 241 g/mol. The minimum absolute atomic E-state index is 0.00102. The maximum atomic E-state index is 13.8. The van der Waals surface area contributed by atoms with Crippen molar-refractivity contribution in [2.45, 2.75) is 6.30 Å². The molecule has 0 fully saturated rings. The van der Waals surface area contributed by atoms with E-state index in [2.05, 4.69) is 10.6 Å². The SMILES string of the molecule is CNC(F)c1c(NCCOC)cccc1[N+](=O)[O-]. The van der Waals surface area contributed by atoms with Gasteiger partial charge in [-0.3, -0.25) is 15.4 Å². The summed E-state index contributed by atoms with van der Waals surface area (Å²) in [5.41, 5.74) is 0.142. The molecule has 0 aliphatic rings. The van der Waals surface area contributed by atoms with Gasteiger partial charge in [0.15, 0.2) is 6.30 Å². The van der Waals surface area contributed by atoms with Crippen LogP contribution in [0.25, 0.3) is 0 Å². The summed E-state index contributed by atoms with van der Waals surface area (Å²) in [5.74, 6) is 0. The van der Waals surface area contributed by atoms with Crippen LogP contribution in [0.15, 0.2) is 18.2 Å². The van der Waals surface area contributed by atoms with Crippen LogP contribution in [0.3, 0.4) is 0 Å². The lowest BCUT2D eigenvalue weighted by Gasteiger charge is -2.14. The third-order valence-electron chi connectivity index (χ3n) is 2.41. The first-order valence-corrected chi connectivity index (χ1v) is 5.43. The number of alkyl halides is 1. The highest BCUT2D eigenvalue weighted by Crippen LogP contribution is 2.32. The van der Waals surface area contributed by atoms with E-state index in [4.69, 9.17) is 4.74 Å². The van der Waals surface area contributed by atoms with Crippen molar-refractivity contribution in [1.29, 1.82) is 0 Å². The molecule has 6 nitrogen and oxygen atoms in total. The van der Waals surface area contributed by atoms with Gasteiger partial charge in [-0.25, -0.2) is 4.39 Å². The normalized spacial score (nSPS) is 12.2. The molecule has 1 rings (SSSR count). The molecule has 0 radical (unpaired) electrons. The first-order chi connectivity index (χ1) is 8.61. The lowest BCUT2D eigenvalue weighted by atomic mass is 10.1. The fourth-order valence-electron chi connectivity index (χ4n) is 1.56. The predicted molar refractivity (Wildman–Crippen MR) is 66.4 cm³/mol. The van der Waals surface area contributed by atoms with E-state index >= 15 is 0 Å². The molecule has 7 heteroatoms. The second kappa shape index (κ2) is 6.87. The molecule has 0 aliphatic carbocycles. The number of anilines is 1. The van der Waals surface area contributed by atoms with E-state index in [1.165, 1.54) is 19.2 Å². The second-order valence-corrected chi connectivity index (χ2v) is 3.57. The number of nitrogens with one attached hydrogen (secondary N) is 2. The van der Waals surface area contributed by atoms with Crippen molar-refractivity contribution >= 4 is 11.4 Å². The van der Waals surface area contributed by atoms with E-state index < -0.39 is 11.2 Å². The quantitative estimate of drug-likeness (QED) is 0.337. The molecule has 0 spiro atoms. The maximum Gasteiger partial charge on any atom is 0.279 e. The molecule has 0 heterocycles. The van der Waals surface area contributed by atoms with E-state index in [1.807, 2.05) is 0 Å². The number of halogens is 1.